The van der Waals surface area contributed by atoms with Gasteiger partial charge in [0.25, 0.3) is 0 Å². The molecule has 3 fully saturated rings. The van der Waals surface area contributed by atoms with Gasteiger partial charge in [0.05, 0.1) is 6.04 Å². The molecule has 0 amide bonds. The molecule has 0 unspecified atom stereocenters. The van der Waals surface area contributed by atoms with Gasteiger partial charge in [-0.2, -0.15) is 0 Å². The number of aliphatic imine (C=N–C) groups is 1. The summed E-state index contributed by atoms with van der Waals surface area (Å²) in [5, 5.41) is 5.00. The molecule has 1 N–H and O–H groups in total. The van der Waals surface area contributed by atoms with Crippen LogP contribution in [0.3, 0.4) is 0 Å². The second-order valence-electron chi connectivity index (χ2n) is 6.54. The van der Waals surface area contributed by atoms with E-state index in [4.69, 9.17) is 4.99 Å². The molecule has 0 aromatic carbocycles. The quantitative estimate of drug-likeness (QED) is 0.773. The van der Waals surface area contributed by atoms with Crippen LogP contribution in [-0.2, 0) is 0 Å². The maximum absolute atomic E-state index is 4.87. The van der Waals surface area contributed by atoms with Gasteiger partial charge < -0.3 is 5.32 Å². The third kappa shape index (κ3) is 2.49. The highest BCUT2D eigenvalue weighted by atomic mass is 32.2. The van der Waals surface area contributed by atoms with Crippen molar-refractivity contribution in [2.75, 3.05) is 5.75 Å². The summed E-state index contributed by atoms with van der Waals surface area (Å²) in [6.07, 6.45) is 8.08. The molecule has 0 aromatic rings. The molecule has 0 aromatic heterocycles. The Morgan fingerprint density at radius 1 is 1.18 bits per heavy atom. The summed E-state index contributed by atoms with van der Waals surface area (Å²) >= 11 is 1.97. The van der Waals surface area contributed by atoms with E-state index in [-0.39, 0.29) is 0 Å². The molecular weight excluding hydrogens is 228 g/mol. The maximum Gasteiger partial charge on any atom is 0.157 e. The van der Waals surface area contributed by atoms with Crippen LogP contribution in [0.4, 0.5) is 0 Å². The largest absolute Gasteiger partial charge is 0.359 e. The fraction of sp³-hybridized carbons (Fsp3) is 0.929. The zero-order valence-corrected chi connectivity index (χ0v) is 11.9. The van der Waals surface area contributed by atoms with Crippen molar-refractivity contribution < 1.29 is 0 Å². The van der Waals surface area contributed by atoms with E-state index in [9.17, 15) is 0 Å². The highest BCUT2D eigenvalue weighted by molar-refractivity contribution is 8.14. The lowest BCUT2D eigenvalue weighted by atomic mass is 9.78. The van der Waals surface area contributed by atoms with E-state index >= 15 is 0 Å². The molecule has 2 saturated carbocycles. The standard InChI is InChI=1S/C14H24N2S/c1-10-3-5-14(6-4-10)9-17-13(16-14)15-12-7-11(2)8-12/h10-12H,3-9H2,1-2H3,(H,15,16). The van der Waals surface area contributed by atoms with Crippen molar-refractivity contribution in [3.05, 3.63) is 0 Å². The number of nitrogens with one attached hydrogen (secondary N) is 1. The molecule has 1 saturated heterocycles. The van der Waals surface area contributed by atoms with Crippen molar-refractivity contribution in [3.8, 4) is 0 Å². The maximum atomic E-state index is 4.87. The van der Waals surface area contributed by atoms with E-state index in [1.165, 1.54) is 49.4 Å². The summed E-state index contributed by atoms with van der Waals surface area (Å²) in [6.45, 7) is 4.72. The van der Waals surface area contributed by atoms with Crippen LogP contribution in [-0.4, -0.2) is 22.5 Å². The lowest BCUT2D eigenvalue weighted by molar-refractivity contribution is 0.249. The molecule has 0 atom stereocenters. The van der Waals surface area contributed by atoms with Gasteiger partial charge in [0.2, 0.25) is 0 Å². The first-order valence-electron chi connectivity index (χ1n) is 7.14. The Morgan fingerprint density at radius 2 is 1.88 bits per heavy atom. The second-order valence-corrected chi connectivity index (χ2v) is 7.51. The summed E-state index contributed by atoms with van der Waals surface area (Å²) in [4.78, 5) is 4.87. The molecule has 3 heteroatoms. The van der Waals surface area contributed by atoms with Crippen LogP contribution in [0.15, 0.2) is 4.99 Å². The smallest absolute Gasteiger partial charge is 0.157 e. The van der Waals surface area contributed by atoms with E-state index in [1.807, 2.05) is 11.8 Å². The number of amidine groups is 1. The van der Waals surface area contributed by atoms with E-state index < -0.39 is 0 Å². The molecule has 3 rings (SSSR count). The molecule has 1 aliphatic heterocycles. The minimum absolute atomic E-state index is 0.408. The Bertz CT molecular complexity index is 312. The third-order valence-electron chi connectivity index (χ3n) is 4.74. The van der Waals surface area contributed by atoms with E-state index in [0.717, 1.165) is 11.8 Å². The van der Waals surface area contributed by atoms with E-state index in [1.54, 1.807) is 0 Å². The Labute approximate surface area is 109 Å². The minimum atomic E-state index is 0.408. The summed E-state index contributed by atoms with van der Waals surface area (Å²) in [6, 6.07) is 0.623. The second kappa shape index (κ2) is 4.49. The molecular formula is C14H24N2S. The molecule has 0 radical (unpaired) electrons. The summed E-state index contributed by atoms with van der Waals surface area (Å²) in [7, 11) is 0. The van der Waals surface area contributed by atoms with E-state index in [0.29, 0.717) is 11.6 Å². The first kappa shape index (κ1) is 11.9. The van der Waals surface area contributed by atoms with Crippen molar-refractivity contribution in [3.63, 3.8) is 0 Å². The summed E-state index contributed by atoms with van der Waals surface area (Å²) < 4.78 is 0. The monoisotopic (exact) mass is 252 g/mol. The van der Waals surface area contributed by atoms with Gasteiger partial charge >= 0.3 is 0 Å². The molecule has 96 valence electrons. The van der Waals surface area contributed by atoms with Gasteiger partial charge in [-0.1, -0.05) is 25.6 Å². The SMILES string of the molecule is CC1CCC2(CC1)CSC(=NC1CC(C)C1)N2. The van der Waals surface area contributed by atoms with Gasteiger partial charge in [-0.05, 0) is 50.4 Å². The number of thioether (sulfide) groups is 1. The van der Waals surface area contributed by atoms with Gasteiger partial charge in [-0.25, -0.2) is 0 Å². The van der Waals surface area contributed by atoms with Crippen LogP contribution in [0.5, 0.6) is 0 Å². The van der Waals surface area contributed by atoms with Crippen LogP contribution in [0, 0.1) is 11.8 Å². The summed E-state index contributed by atoms with van der Waals surface area (Å²) in [5.74, 6) is 3.09. The number of hydrogen-bond donors (Lipinski definition) is 1. The Hall–Kier alpha value is -0.180. The van der Waals surface area contributed by atoms with E-state index in [2.05, 4.69) is 19.2 Å². The van der Waals surface area contributed by atoms with Crippen molar-refractivity contribution in [2.45, 2.75) is 64.0 Å². The lowest BCUT2D eigenvalue weighted by Gasteiger charge is -2.36. The minimum Gasteiger partial charge on any atom is -0.359 e. The highest BCUT2D eigenvalue weighted by Gasteiger charge is 2.40. The predicted octanol–water partition coefficient (Wildman–Crippen LogP) is 3.43. The van der Waals surface area contributed by atoms with Crippen molar-refractivity contribution in [1.82, 2.24) is 5.32 Å². The summed E-state index contributed by atoms with van der Waals surface area (Å²) in [5.41, 5.74) is 0.408. The topological polar surface area (TPSA) is 24.4 Å². The van der Waals surface area contributed by atoms with Crippen LogP contribution in [0.25, 0.3) is 0 Å². The van der Waals surface area contributed by atoms with Crippen LogP contribution < -0.4 is 5.32 Å². The van der Waals surface area contributed by atoms with Crippen molar-refractivity contribution in [2.24, 2.45) is 16.8 Å². The average molecular weight is 252 g/mol. The highest BCUT2D eigenvalue weighted by Crippen LogP contribution is 2.39. The fourth-order valence-corrected chi connectivity index (χ4v) is 4.58. The first-order chi connectivity index (χ1) is 8.15. The molecule has 3 aliphatic rings. The van der Waals surface area contributed by atoms with Gasteiger partial charge in [-0.3, -0.25) is 4.99 Å². The molecule has 0 bridgehead atoms. The lowest BCUT2D eigenvalue weighted by Crippen LogP contribution is -2.46. The van der Waals surface area contributed by atoms with Crippen molar-refractivity contribution in [1.29, 1.82) is 0 Å². The first-order valence-corrected chi connectivity index (χ1v) is 8.13. The third-order valence-corrected chi connectivity index (χ3v) is 5.92. The molecule has 1 heterocycles. The Kier molecular flexibility index (Phi) is 3.14. The van der Waals surface area contributed by atoms with Gasteiger partial charge in [0, 0.05) is 11.3 Å². The van der Waals surface area contributed by atoms with Crippen LogP contribution in [0.2, 0.25) is 0 Å². The molecule has 2 aliphatic carbocycles. The number of hydrogen-bond acceptors (Lipinski definition) is 2. The number of nitrogens with zero attached hydrogens (tertiary/aromatic N) is 1. The zero-order chi connectivity index (χ0) is 11.9. The molecule has 17 heavy (non-hydrogen) atoms. The fourth-order valence-electron chi connectivity index (χ4n) is 3.29. The Morgan fingerprint density at radius 3 is 2.53 bits per heavy atom. The predicted molar refractivity (Wildman–Crippen MR) is 75.6 cm³/mol. The van der Waals surface area contributed by atoms with Gasteiger partial charge in [0.15, 0.2) is 5.17 Å². The van der Waals surface area contributed by atoms with Crippen molar-refractivity contribution >= 4 is 16.9 Å². The molecule has 1 spiro atoms. The normalized spacial score (nSPS) is 48.1. The van der Waals surface area contributed by atoms with Gasteiger partial charge in [-0.15, -0.1) is 0 Å². The van der Waals surface area contributed by atoms with Gasteiger partial charge in [0.1, 0.15) is 0 Å². The zero-order valence-electron chi connectivity index (χ0n) is 11.0. The Balaban J connectivity index is 1.58. The average Bonchev–Trinajstić information content (AvgIpc) is 2.65. The number of rotatable bonds is 1. The van der Waals surface area contributed by atoms with Crippen LogP contribution >= 0.6 is 11.8 Å². The van der Waals surface area contributed by atoms with Crippen LogP contribution in [0.1, 0.15) is 52.4 Å². The molecule has 2 nitrogen and oxygen atoms in total.